The summed E-state index contributed by atoms with van der Waals surface area (Å²) in [7, 11) is 1.64. The van der Waals surface area contributed by atoms with Crippen LogP contribution in [0.2, 0.25) is 0 Å². The number of hydrogen-bond donors (Lipinski definition) is 0. The van der Waals surface area contributed by atoms with Gasteiger partial charge in [-0.3, -0.25) is 9.59 Å². The van der Waals surface area contributed by atoms with Crippen LogP contribution >= 0.6 is 0 Å². The Hall–Kier alpha value is -2.62. The molecule has 0 saturated heterocycles. The molecule has 4 rings (SSSR count). The van der Waals surface area contributed by atoms with E-state index in [1.54, 1.807) is 13.4 Å². The van der Waals surface area contributed by atoms with Crippen LogP contribution in [0.4, 0.5) is 0 Å². The third-order valence-corrected chi connectivity index (χ3v) is 4.64. The molecule has 23 heavy (non-hydrogen) atoms. The molecule has 3 aromatic rings. The Morgan fingerprint density at radius 2 is 2.04 bits per heavy atom. The van der Waals surface area contributed by atoms with Gasteiger partial charge >= 0.3 is 0 Å². The van der Waals surface area contributed by atoms with Crippen LogP contribution in [0.1, 0.15) is 30.7 Å². The first-order valence-corrected chi connectivity index (χ1v) is 7.69. The zero-order valence-corrected chi connectivity index (χ0v) is 12.8. The first-order chi connectivity index (χ1) is 11.2. The normalized spacial score (nSPS) is 18.7. The van der Waals surface area contributed by atoms with E-state index in [9.17, 15) is 9.59 Å². The van der Waals surface area contributed by atoms with Crippen molar-refractivity contribution < 1.29 is 18.7 Å². The molecule has 116 valence electrons. The van der Waals surface area contributed by atoms with Crippen molar-refractivity contribution in [2.75, 3.05) is 7.11 Å². The number of carbonyl (C=O) groups excluding carboxylic acids is 2. The van der Waals surface area contributed by atoms with E-state index in [2.05, 4.69) is 0 Å². The van der Waals surface area contributed by atoms with Crippen LogP contribution in [0.25, 0.3) is 21.7 Å². The monoisotopic (exact) mass is 308 g/mol. The average molecular weight is 308 g/mol. The minimum Gasteiger partial charge on any atom is -0.497 e. The van der Waals surface area contributed by atoms with Crippen molar-refractivity contribution in [1.82, 2.24) is 0 Å². The number of rotatable bonds is 2. The van der Waals surface area contributed by atoms with Crippen molar-refractivity contribution in [3.63, 3.8) is 0 Å². The Labute approximate surface area is 133 Å². The number of furan rings is 1. The summed E-state index contributed by atoms with van der Waals surface area (Å²) < 4.78 is 10.9. The van der Waals surface area contributed by atoms with Gasteiger partial charge in [-0.2, -0.15) is 0 Å². The third kappa shape index (κ3) is 2.22. The fraction of sp³-hybridized carbons (Fsp3) is 0.263. The zero-order valence-electron chi connectivity index (χ0n) is 12.8. The number of ketones is 2. The van der Waals surface area contributed by atoms with E-state index >= 15 is 0 Å². The smallest absolute Gasteiger partial charge is 0.147 e. The van der Waals surface area contributed by atoms with Crippen LogP contribution in [0.5, 0.6) is 5.75 Å². The zero-order chi connectivity index (χ0) is 16.0. The molecule has 4 nitrogen and oxygen atoms in total. The molecule has 1 aromatic heterocycles. The Balaban J connectivity index is 1.92. The van der Waals surface area contributed by atoms with Crippen molar-refractivity contribution in [2.45, 2.75) is 25.2 Å². The lowest BCUT2D eigenvalue weighted by Crippen LogP contribution is -2.22. The molecular weight excluding hydrogens is 292 g/mol. The summed E-state index contributed by atoms with van der Waals surface area (Å²) in [5.74, 6) is 0.575. The molecule has 0 N–H and O–H groups in total. The first kappa shape index (κ1) is 14.0. The van der Waals surface area contributed by atoms with E-state index in [-0.39, 0.29) is 23.9 Å². The maximum atomic E-state index is 12.3. The van der Waals surface area contributed by atoms with Gasteiger partial charge in [-0.15, -0.1) is 0 Å². The van der Waals surface area contributed by atoms with E-state index < -0.39 is 0 Å². The van der Waals surface area contributed by atoms with Gasteiger partial charge < -0.3 is 9.15 Å². The second-order valence-electron chi connectivity index (χ2n) is 5.99. The van der Waals surface area contributed by atoms with Crippen LogP contribution in [-0.4, -0.2) is 18.7 Å². The van der Waals surface area contributed by atoms with Crippen LogP contribution < -0.4 is 4.74 Å². The molecule has 0 bridgehead atoms. The summed E-state index contributed by atoms with van der Waals surface area (Å²) in [5.41, 5.74) is 1.66. The summed E-state index contributed by atoms with van der Waals surface area (Å²) in [4.78, 5) is 23.8. The topological polar surface area (TPSA) is 56.5 Å². The van der Waals surface area contributed by atoms with Gasteiger partial charge in [0.1, 0.15) is 22.9 Å². The summed E-state index contributed by atoms with van der Waals surface area (Å²) in [6.07, 6.45) is 2.74. The van der Waals surface area contributed by atoms with Crippen LogP contribution in [-0.2, 0) is 9.59 Å². The van der Waals surface area contributed by atoms with Gasteiger partial charge in [0, 0.05) is 23.3 Å². The Bertz CT molecular complexity index is 935. The van der Waals surface area contributed by atoms with E-state index in [4.69, 9.17) is 9.15 Å². The van der Waals surface area contributed by atoms with Gasteiger partial charge in [-0.1, -0.05) is 6.07 Å². The molecule has 0 radical (unpaired) electrons. The summed E-state index contributed by atoms with van der Waals surface area (Å²) >= 11 is 0. The molecule has 4 heteroatoms. The van der Waals surface area contributed by atoms with E-state index in [1.807, 2.05) is 30.3 Å². The highest BCUT2D eigenvalue weighted by atomic mass is 16.5. The SMILES string of the molecule is COc1ccc2c(ccc3occ([C@@H]4CCC(=O)CC4=O)c32)c1. The van der Waals surface area contributed by atoms with Crippen LogP contribution in [0.3, 0.4) is 0 Å². The number of methoxy groups -OCH3 is 1. The second-order valence-corrected chi connectivity index (χ2v) is 5.99. The highest BCUT2D eigenvalue weighted by Crippen LogP contribution is 2.38. The quantitative estimate of drug-likeness (QED) is 0.671. The number of Topliss-reactive ketones (excluding diaryl/α,β-unsaturated/α-hetero) is 2. The maximum absolute atomic E-state index is 12.3. The molecule has 0 unspecified atom stereocenters. The predicted molar refractivity (Wildman–Crippen MR) is 86.9 cm³/mol. The molecule has 0 spiro atoms. The summed E-state index contributed by atoms with van der Waals surface area (Å²) in [6.45, 7) is 0. The lowest BCUT2D eigenvalue weighted by Gasteiger charge is -2.19. The molecule has 1 saturated carbocycles. The highest BCUT2D eigenvalue weighted by molar-refractivity contribution is 6.11. The van der Waals surface area contributed by atoms with Crippen molar-refractivity contribution in [3.8, 4) is 5.75 Å². The Kier molecular flexibility index (Phi) is 3.18. The van der Waals surface area contributed by atoms with Gasteiger partial charge in [0.2, 0.25) is 0 Å². The lowest BCUT2D eigenvalue weighted by molar-refractivity contribution is -0.130. The third-order valence-electron chi connectivity index (χ3n) is 4.64. The minimum atomic E-state index is -0.248. The number of ether oxygens (including phenoxy) is 1. The first-order valence-electron chi connectivity index (χ1n) is 7.69. The van der Waals surface area contributed by atoms with Gasteiger partial charge in [-0.25, -0.2) is 0 Å². The van der Waals surface area contributed by atoms with Crippen molar-refractivity contribution in [2.24, 2.45) is 0 Å². The molecule has 0 amide bonds. The standard InChI is InChI=1S/C19H16O4/c1-22-13-4-6-14-11(8-13)2-7-18-19(14)16(10-23-18)15-5-3-12(20)9-17(15)21/h2,4,6-8,10,15H,3,5,9H2,1H3/t15-/m0/s1. The highest BCUT2D eigenvalue weighted by Gasteiger charge is 2.31. The molecule has 0 aliphatic heterocycles. The fourth-order valence-corrected chi connectivity index (χ4v) is 3.45. The number of hydrogen-bond acceptors (Lipinski definition) is 4. The number of benzene rings is 2. The molecular formula is C19H16O4. The van der Waals surface area contributed by atoms with E-state index in [1.165, 1.54) is 0 Å². The van der Waals surface area contributed by atoms with Crippen LogP contribution in [0, 0.1) is 0 Å². The largest absolute Gasteiger partial charge is 0.497 e. The predicted octanol–water partition coefficient (Wildman–Crippen LogP) is 4.00. The fourth-order valence-electron chi connectivity index (χ4n) is 3.45. The minimum absolute atomic E-state index is 0.00513. The molecule has 2 aromatic carbocycles. The second kappa shape index (κ2) is 5.23. The molecule has 1 heterocycles. The summed E-state index contributed by atoms with van der Waals surface area (Å²) in [6, 6.07) is 9.77. The van der Waals surface area contributed by atoms with Crippen LogP contribution in [0.15, 0.2) is 41.0 Å². The lowest BCUT2D eigenvalue weighted by atomic mass is 9.81. The molecule has 1 fully saturated rings. The Morgan fingerprint density at radius 1 is 1.17 bits per heavy atom. The average Bonchev–Trinajstić information content (AvgIpc) is 2.98. The van der Waals surface area contributed by atoms with Gasteiger partial charge in [0.05, 0.1) is 19.8 Å². The number of fused-ring (bicyclic) bond motifs is 3. The molecule has 1 aliphatic carbocycles. The van der Waals surface area contributed by atoms with Gasteiger partial charge in [0.15, 0.2) is 0 Å². The molecule has 1 aliphatic rings. The Morgan fingerprint density at radius 3 is 2.83 bits per heavy atom. The van der Waals surface area contributed by atoms with Crippen molar-refractivity contribution in [1.29, 1.82) is 0 Å². The van der Waals surface area contributed by atoms with E-state index in [0.717, 1.165) is 33.1 Å². The number of carbonyl (C=O) groups is 2. The van der Waals surface area contributed by atoms with Gasteiger partial charge in [0.25, 0.3) is 0 Å². The van der Waals surface area contributed by atoms with Gasteiger partial charge in [-0.05, 0) is 41.5 Å². The van der Waals surface area contributed by atoms with E-state index in [0.29, 0.717) is 12.8 Å². The molecule has 1 atom stereocenters. The maximum Gasteiger partial charge on any atom is 0.147 e. The summed E-state index contributed by atoms with van der Waals surface area (Å²) in [5, 5.41) is 3.05. The van der Waals surface area contributed by atoms with Crippen molar-refractivity contribution >= 4 is 33.3 Å². The van der Waals surface area contributed by atoms with Crippen molar-refractivity contribution in [3.05, 3.63) is 42.2 Å².